The fourth-order valence-electron chi connectivity index (χ4n) is 2.72. The van der Waals surface area contributed by atoms with Crippen molar-refractivity contribution in [3.05, 3.63) is 29.3 Å². The number of fused-ring (bicyclic) bond motifs is 1. The molecule has 2 aliphatic rings. The molecule has 1 saturated heterocycles. The summed E-state index contributed by atoms with van der Waals surface area (Å²) >= 11 is 0. The summed E-state index contributed by atoms with van der Waals surface area (Å²) in [5, 5.41) is 5.03. The number of imide groups is 2. The molecular formula is C19H27N3O5. The van der Waals surface area contributed by atoms with Gasteiger partial charge < -0.3 is 10.1 Å². The molecule has 1 unspecified atom stereocenters. The average molecular weight is 377 g/mol. The van der Waals surface area contributed by atoms with Crippen molar-refractivity contribution in [2.75, 3.05) is 12.4 Å². The van der Waals surface area contributed by atoms with Gasteiger partial charge in [0.2, 0.25) is 11.8 Å². The number of rotatable bonds is 2. The standard InChI is InChI=1S/C14H13N3O4.2C2H6.CH2O/c1-15-8-4-2-3-7-11(8)14(21)17(13(7)20)9-5-6-10(18)16-12(9)19;3*1-2/h2-4,9,15H,5-6H2,1H3,(H,16,18,19);2*1-2H3;1H2. The van der Waals surface area contributed by atoms with Crippen LogP contribution in [0.5, 0.6) is 0 Å². The molecule has 148 valence electrons. The van der Waals surface area contributed by atoms with Crippen molar-refractivity contribution in [1.29, 1.82) is 0 Å². The molecule has 1 aromatic rings. The molecule has 3 rings (SSSR count). The van der Waals surface area contributed by atoms with Crippen LogP contribution in [0.2, 0.25) is 0 Å². The van der Waals surface area contributed by atoms with E-state index < -0.39 is 23.8 Å². The van der Waals surface area contributed by atoms with Gasteiger partial charge in [-0.05, 0) is 18.6 Å². The summed E-state index contributed by atoms with van der Waals surface area (Å²) in [5.41, 5.74) is 1.09. The lowest BCUT2D eigenvalue weighted by atomic mass is 10.0. The Hall–Kier alpha value is -3.03. The molecule has 2 heterocycles. The van der Waals surface area contributed by atoms with Crippen molar-refractivity contribution in [3.8, 4) is 0 Å². The number of nitrogens with one attached hydrogen (secondary N) is 2. The largest absolute Gasteiger partial charge is 0.387 e. The monoisotopic (exact) mass is 377 g/mol. The molecule has 0 aliphatic carbocycles. The number of nitrogens with zero attached hydrogens (tertiary/aromatic N) is 1. The van der Waals surface area contributed by atoms with Gasteiger partial charge in [-0.1, -0.05) is 33.8 Å². The number of carbonyl (C=O) groups is 5. The maximum atomic E-state index is 12.5. The van der Waals surface area contributed by atoms with E-state index in [9.17, 15) is 19.2 Å². The van der Waals surface area contributed by atoms with E-state index in [4.69, 9.17) is 4.79 Å². The number of hydrogen-bond donors (Lipinski definition) is 2. The maximum absolute atomic E-state index is 12.5. The Balaban J connectivity index is 0.00000103. The van der Waals surface area contributed by atoms with E-state index in [-0.39, 0.29) is 29.9 Å². The molecular weight excluding hydrogens is 350 g/mol. The zero-order valence-corrected chi connectivity index (χ0v) is 16.4. The van der Waals surface area contributed by atoms with E-state index in [2.05, 4.69) is 10.6 Å². The highest BCUT2D eigenvalue weighted by molar-refractivity contribution is 6.25. The van der Waals surface area contributed by atoms with Gasteiger partial charge in [0.25, 0.3) is 11.8 Å². The predicted molar refractivity (Wildman–Crippen MR) is 102 cm³/mol. The van der Waals surface area contributed by atoms with Gasteiger partial charge in [0.05, 0.1) is 11.1 Å². The molecule has 4 amide bonds. The van der Waals surface area contributed by atoms with Gasteiger partial charge in [-0.3, -0.25) is 29.4 Å². The van der Waals surface area contributed by atoms with E-state index in [0.717, 1.165) is 4.90 Å². The summed E-state index contributed by atoms with van der Waals surface area (Å²) in [6.45, 7) is 10.0. The van der Waals surface area contributed by atoms with Crippen molar-refractivity contribution >= 4 is 36.1 Å². The third-order valence-corrected chi connectivity index (χ3v) is 3.74. The first kappa shape index (κ1) is 24.0. The lowest BCUT2D eigenvalue weighted by molar-refractivity contribution is -0.136. The Bertz CT molecular complexity index is 703. The van der Waals surface area contributed by atoms with Crippen molar-refractivity contribution in [2.45, 2.75) is 46.6 Å². The normalized spacial score (nSPS) is 17.2. The van der Waals surface area contributed by atoms with Crippen molar-refractivity contribution < 1.29 is 24.0 Å². The minimum absolute atomic E-state index is 0.114. The van der Waals surface area contributed by atoms with E-state index in [0.29, 0.717) is 5.69 Å². The molecule has 1 fully saturated rings. The highest BCUT2D eigenvalue weighted by Gasteiger charge is 2.45. The van der Waals surface area contributed by atoms with Crippen LogP contribution in [0.1, 0.15) is 61.3 Å². The van der Waals surface area contributed by atoms with E-state index in [1.54, 1.807) is 25.2 Å². The Labute approximate surface area is 159 Å². The summed E-state index contributed by atoms with van der Waals surface area (Å²) in [4.78, 5) is 57.0. The second-order valence-corrected chi connectivity index (χ2v) is 4.93. The Kier molecular flexibility index (Phi) is 10.3. The Morgan fingerprint density at radius 3 is 2.15 bits per heavy atom. The van der Waals surface area contributed by atoms with Crippen molar-refractivity contribution in [3.63, 3.8) is 0 Å². The smallest absolute Gasteiger partial charge is 0.264 e. The van der Waals surface area contributed by atoms with E-state index in [1.807, 2.05) is 34.5 Å². The quantitative estimate of drug-likeness (QED) is 0.762. The first-order chi connectivity index (χ1) is 13.0. The molecule has 1 atom stereocenters. The van der Waals surface area contributed by atoms with E-state index >= 15 is 0 Å². The maximum Gasteiger partial charge on any atom is 0.264 e. The minimum atomic E-state index is -0.931. The van der Waals surface area contributed by atoms with Crippen LogP contribution in [-0.4, -0.2) is 48.4 Å². The third-order valence-electron chi connectivity index (χ3n) is 3.74. The topological polar surface area (TPSA) is 113 Å². The van der Waals surface area contributed by atoms with Crippen molar-refractivity contribution in [1.82, 2.24) is 10.2 Å². The lowest BCUT2D eigenvalue weighted by Gasteiger charge is -2.27. The summed E-state index contributed by atoms with van der Waals surface area (Å²) in [6, 6.07) is 3.99. The number of carbonyl (C=O) groups excluding carboxylic acids is 5. The number of anilines is 1. The Morgan fingerprint density at radius 1 is 1.04 bits per heavy atom. The fraction of sp³-hybridized carbons (Fsp3) is 0.421. The van der Waals surface area contributed by atoms with Gasteiger partial charge in [0.15, 0.2) is 0 Å². The molecule has 8 heteroatoms. The van der Waals surface area contributed by atoms with Gasteiger partial charge in [-0.15, -0.1) is 0 Å². The molecule has 0 radical (unpaired) electrons. The summed E-state index contributed by atoms with van der Waals surface area (Å²) in [7, 11) is 1.65. The second kappa shape index (κ2) is 11.6. The number of amides is 4. The summed E-state index contributed by atoms with van der Waals surface area (Å²) < 4.78 is 0. The van der Waals surface area contributed by atoms with Crippen molar-refractivity contribution in [2.24, 2.45) is 0 Å². The molecule has 0 spiro atoms. The Morgan fingerprint density at radius 2 is 1.63 bits per heavy atom. The van der Waals surface area contributed by atoms with Crippen LogP contribution < -0.4 is 10.6 Å². The number of piperidine rings is 1. The first-order valence-electron chi connectivity index (χ1n) is 8.86. The van der Waals surface area contributed by atoms with Gasteiger partial charge in [-0.25, -0.2) is 0 Å². The van der Waals surface area contributed by atoms with Crippen LogP contribution in [-0.2, 0) is 14.4 Å². The molecule has 0 saturated carbocycles. The molecule has 0 aromatic heterocycles. The first-order valence-corrected chi connectivity index (χ1v) is 8.86. The van der Waals surface area contributed by atoms with Crippen LogP contribution >= 0.6 is 0 Å². The number of hydrogen-bond acceptors (Lipinski definition) is 6. The fourth-order valence-corrected chi connectivity index (χ4v) is 2.72. The van der Waals surface area contributed by atoms with Crippen LogP contribution in [0.25, 0.3) is 0 Å². The molecule has 0 bridgehead atoms. The SMILES string of the molecule is C=O.CC.CC.CNc1cccc2c1C(=O)N(C1CCC(=O)NC1=O)C2=O. The zero-order valence-electron chi connectivity index (χ0n) is 16.4. The molecule has 8 nitrogen and oxygen atoms in total. The van der Waals surface area contributed by atoms with Crippen LogP contribution in [0.15, 0.2) is 18.2 Å². The van der Waals surface area contributed by atoms with Crippen LogP contribution in [0.4, 0.5) is 5.69 Å². The van der Waals surface area contributed by atoms with Gasteiger partial charge in [0, 0.05) is 19.2 Å². The zero-order chi connectivity index (χ0) is 21.1. The highest BCUT2D eigenvalue weighted by Crippen LogP contribution is 2.31. The molecule has 1 aromatic carbocycles. The number of benzene rings is 1. The predicted octanol–water partition coefficient (Wildman–Crippen LogP) is 2.00. The minimum Gasteiger partial charge on any atom is -0.387 e. The van der Waals surface area contributed by atoms with Gasteiger partial charge in [-0.2, -0.15) is 0 Å². The van der Waals surface area contributed by atoms with Crippen LogP contribution in [0.3, 0.4) is 0 Å². The highest BCUT2D eigenvalue weighted by atomic mass is 16.2. The van der Waals surface area contributed by atoms with Gasteiger partial charge >= 0.3 is 0 Å². The van der Waals surface area contributed by atoms with Crippen LogP contribution in [0, 0.1) is 0 Å². The lowest BCUT2D eigenvalue weighted by Crippen LogP contribution is -2.54. The molecule has 27 heavy (non-hydrogen) atoms. The summed E-state index contributed by atoms with van der Waals surface area (Å²) in [6.07, 6.45) is 0.272. The second-order valence-electron chi connectivity index (χ2n) is 4.93. The van der Waals surface area contributed by atoms with E-state index in [1.165, 1.54) is 0 Å². The summed E-state index contributed by atoms with van der Waals surface area (Å²) in [5.74, 6) is -1.99. The van der Waals surface area contributed by atoms with Gasteiger partial charge in [0.1, 0.15) is 12.8 Å². The average Bonchev–Trinajstić information content (AvgIpc) is 2.97. The third kappa shape index (κ3) is 4.78. The molecule has 2 N–H and O–H groups in total. The molecule has 2 aliphatic heterocycles.